The highest BCUT2D eigenvalue weighted by atomic mass is 79.9. The SMILES string of the molecule is C[C@H](O)c1ccc(N(C)Cc2ccc(Cl)s2)c(Br)c1. The first kappa shape index (κ1) is 14.9. The number of hydrogen-bond acceptors (Lipinski definition) is 3. The van der Waals surface area contributed by atoms with Gasteiger partial charge in [-0.1, -0.05) is 17.7 Å². The van der Waals surface area contributed by atoms with Crippen LogP contribution >= 0.6 is 38.9 Å². The number of aliphatic hydroxyl groups is 1. The molecule has 0 unspecified atom stereocenters. The minimum atomic E-state index is -0.452. The van der Waals surface area contributed by atoms with Crippen molar-refractivity contribution in [2.75, 3.05) is 11.9 Å². The van der Waals surface area contributed by atoms with E-state index in [1.807, 2.05) is 37.4 Å². The normalized spacial score (nSPS) is 12.5. The number of halogens is 2. The standard InChI is InChI=1S/C14H15BrClNOS/c1-9(18)10-3-5-13(12(15)7-10)17(2)8-11-4-6-14(16)19-11/h3-7,9,18H,8H2,1-2H3/t9-/m0/s1. The molecule has 2 aromatic rings. The van der Waals surface area contributed by atoms with Crippen LogP contribution in [0.1, 0.15) is 23.5 Å². The monoisotopic (exact) mass is 359 g/mol. The fourth-order valence-electron chi connectivity index (χ4n) is 1.85. The molecular formula is C14H15BrClNOS. The number of aliphatic hydroxyl groups excluding tert-OH is 1. The molecule has 0 aliphatic carbocycles. The van der Waals surface area contributed by atoms with E-state index in [0.717, 1.165) is 26.6 Å². The van der Waals surface area contributed by atoms with Gasteiger partial charge in [0.05, 0.1) is 22.7 Å². The molecule has 2 nitrogen and oxygen atoms in total. The molecule has 0 radical (unpaired) electrons. The third-order valence-corrected chi connectivity index (χ3v) is 4.74. The minimum absolute atomic E-state index is 0.452. The zero-order chi connectivity index (χ0) is 14.0. The van der Waals surface area contributed by atoms with Gasteiger partial charge in [0.15, 0.2) is 0 Å². The summed E-state index contributed by atoms with van der Waals surface area (Å²) in [7, 11) is 2.04. The second-order valence-corrected chi connectivity index (χ2v) is 7.10. The molecule has 1 heterocycles. The Labute approximate surface area is 130 Å². The molecule has 1 atom stereocenters. The Kier molecular flexibility index (Phi) is 4.90. The first-order valence-corrected chi connectivity index (χ1v) is 7.89. The van der Waals surface area contributed by atoms with Crippen molar-refractivity contribution in [1.82, 2.24) is 0 Å². The third-order valence-electron chi connectivity index (χ3n) is 2.89. The van der Waals surface area contributed by atoms with Crippen LogP contribution in [0.25, 0.3) is 0 Å². The van der Waals surface area contributed by atoms with Crippen LogP contribution in [0.4, 0.5) is 5.69 Å². The molecule has 5 heteroatoms. The third kappa shape index (κ3) is 3.72. The zero-order valence-electron chi connectivity index (χ0n) is 10.7. The average Bonchev–Trinajstić information content (AvgIpc) is 2.74. The highest BCUT2D eigenvalue weighted by Gasteiger charge is 2.10. The van der Waals surface area contributed by atoms with E-state index >= 15 is 0 Å². The van der Waals surface area contributed by atoms with Crippen LogP contribution in [0.2, 0.25) is 4.34 Å². The highest BCUT2D eigenvalue weighted by Crippen LogP contribution is 2.31. The lowest BCUT2D eigenvalue weighted by molar-refractivity contribution is 0.199. The molecule has 0 spiro atoms. The van der Waals surface area contributed by atoms with E-state index in [1.54, 1.807) is 18.3 Å². The first-order chi connectivity index (χ1) is 8.97. The predicted octanol–water partition coefficient (Wildman–Crippen LogP) is 4.85. The maximum absolute atomic E-state index is 9.57. The Bertz CT molecular complexity index is 570. The topological polar surface area (TPSA) is 23.5 Å². The molecule has 19 heavy (non-hydrogen) atoms. The minimum Gasteiger partial charge on any atom is -0.389 e. The number of anilines is 1. The van der Waals surface area contributed by atoms with Crippen molar-refractivity contribution >= 4 is 44.6 Å². The fourth-order valence-corrected chi connectivity index (χ4v) is 3.69. The summed E-state index contributed by atoms with van der Waals surface area (Å²) in [5, 5.41) is 9.57. The summed E-state index contributed by atoms with van der Waals surface area (Å²) in [6, 6.07) is 9.88. The Balaban J connectivity index is 2.17. The molecule has 1 aromatic heterocycles. The second-order valence-electron chi connectivity index (χ2n) is 4.45. The zero-order valence-corrected chi connectivity index (χ0v) is 13.9. The van der Waals surface area contributed by atoms with Crippen molar-refractivity contribution in [1.29, 1.82) is 0 Å². The van der Waals surface area contributed by atoms with Crippen LogP contribution in [0, 0.1) is 0 Å². The van der Waals surface area contributed by atoms with Gasteiger partial charge in [0.25, 0.3) is 0 Å². The van der Waals surface area contributed by atoms with Crippen molar-refractivity contribution in [3.63, 3.8) is 0 Å². The van der Waals surface area contributed by atoms with Gasteiger partial charge in [-0.3, -0.25) is 0 Å². The summed E-state index contributed by atoms with van der Waals surface area (Å²) in [5.74, 6) is 0. The van der Waals surface area contributed by atoms with Gasteiger partial charge in [-0.15, -0.1) is 11.3 Å². The van der Waals surface area contributed by atoms with Gasteiger partial charge >= 0.3 is 0 Å². The number of hydrogen-bond donors (Lipinski definition) is 1. The van der Waals surface area contributed by atoms with Crippen molar-refractivity contribution in [2.24, 2.45) is 0 Å². The average molecular weight is 361 g/mol. The van der Waals surface area contributed by atoms with Crippen LogP contribution < -0.4 is 4.90 Å². The molecule has 1 aromatic carbocycles. The van der Waals surface area contributed by atoms with Gasteiger partial charge in [0.2, 0.25) is 0 Å². The van der Waals surface area contributed by atoms with Crippen LogP contribution in [0.3, 0.4) is 0 Å². The number of nitrogens with zero attached hydrogens (tertiary/aromatic N) is 1. The molecule has 0 saturated carbocycles. The molecule has 2 rings (SSSR count). The maximum Gasteiger partial charge on any atom is 0.0931 e. The van der Waals surface area contributed by atoms with Crippen LogP contribution in [-0.4, -0.2) is 12.2 Å². The number of rotatable bonds is 4. The van der Waals surface area contributed by atoms with Crippen molar-refractivity contribution in [3.05, 3.63) is 49.6 Å². The molecular weight excluding hydrogens is 346 g/mol. The largest absolute Gasteiger partial charge is 0.389 e. The Morgan fingerprint density at radius 1 is 1.37 bits per heavy atom. The van der Waals surface area contributed by atoms with Gasteiger partial charge < -0.3 is 10.0 Å². The summed E-state index contributed by atoms with van der Waals surface area (Å²) in [5.41, 5.74) is 2.00. The maximum atomic E-state index is 9.57. The lowest BCUT2D eigenvalue weighted by Crippen LogP contribution is -2.16. The van der Waals surface area contributed by atoms with Crippen LogP contribution in [-0.2, 0) is 6.54 Å². The summed E-state index contributed by atoms with van der Waals surface area (Å²) < 4.78 is 1.79. The molecule has 0 aliphatic rings. The number of thiophene rings is 1. The van der Waals surface area contributed by atoms with E-state index in [9.17, 15) is 5.11 Å². The molecule has 102 valence electrons. The fraction of sp³-hybridized carbons (Fsp3) is 0.286. The summed E-state index contributed by atoms with van der Waals surface area (Å²) in [6.45, 7) is 2.57. The van der Waals surface area contributed by atoms with E-state index in [4.69, 9.17) is 11.6 Å². The van der Waals surface area contributed by atoms with Crippen molar-refractivity contribution < 1.29 is 5.11 Å². The van der Waals surface area contributed by atoms with Gasteiger partial charge in [-0.2, -0.15) is 0 Å². The second kappa shape index (κ2) is 6.27. The van der Waals surface area contributed by atoms with Gasteiger partial charge in [0, 0.05) is 16.4 Å². The van der Waals surface area contributed by atoms with E-state index in [2.05, 4.69) is 20.8 Å². The summed E-state index contributed by atoms with van der Waals surface area (Å²) in [4.78, 5) is 3.37. The van der Waals surface area contributed by atoms with E-state index < -0.39 is 6.10 Å². The van der Waals surface area contributed by atoms with Gasteiger partial charge in [-0.25, -0.2) is 0 Å². The van der Waals surface area contributed by atoms with Crippen LogP contribution in [0.15, 0.2) is 34.8 Å². The molecule has 0 fully saturated rings. The van der Waals surface area contributed by atoms with Crippen LogP contribution in [0.5, 0.6) is 0 Å². The Hall–Kier alpha value is -0.550. The van der Waals surface area contributed by atoms with E-state index in [0.29, 0.717) is 0 Å². The lowest BCUT2D eigenvalue weighted by atomic mass is 10.1. The predicted molar refractivity (Wildman–Crippen MR) is 86.2 cm³/mol. The molecule has 0 bridgehead atoms. The first-order valence-electron chi connectivity index (χ1n) is 5.90. The summed E-state index contributed by atoms with van der Waals surface area (Å²) in [6.07, 6.45) is -0.452. The van der Waals surface area contributed by atoms with Crippen molar-refractivity contribution in [2.45, 2.75) is 19.6 Å². The van der Waals surface area contributed by atoms with E-state index in [-0.39, 0.29) is 0 Å². The quantitative estimate of drug-likeness (QED) is 0.842. The van der Waals surface area contributed by atoms with E-state index in [1.165, 1.54) is 4.88 Å². The Morgan fingerprint density at radius 2 is 2.11 bits per heavy atom. The molecule has 0 saturated heterocycles. The smallest absolute Gasteiger partial charge is 0.0931 e. The number of benzene rings is 1. The Morgan fingerprint density at radius 3 is 2.63 bits per heavy atom. The summed E-state index contributed by atoms with van der Waals surface area (Å²) >= 11 is 11.1. The van der Waals surface area contributed by atoms with Gasteiger partial charge in [0.1, 0.15) is 0 Å². The van der Waals surface area contributed by atoms with Crippen molar-refractivity contribution in [3.8, 4) is 0 Å². The highest BCUT2D eigenvalue weighted by molar-refractivity contribution is 9.10. The molecule has 0 aliphatic heterocycles. The van der Waals surface area contributed by atoms with Gasteiger partial charge in [-0.05, 0) is 52.7 Å². The molecule has 1 N–H and O–H groups in total. The lowest BCUT2D eigenvalue weighted by Gasteiger charge is -2.21. The molecule has 0 amide bonds.